The van der Waals surface area contributed by atoms with Crippen molar-refractivity contribution in [2.45, 2.75) is 19.5 Å². The zero-order valence-electron chi connectivity index (χ0n) is 15.6. The average molecular weight is 382 g/mol. The highest BCUT2D eigenvalue weighted by Crippen LogP contribution is 2.44. The minimum absolute atomic E-state index is 0.0425. The van der Waals surface area contributed by atoms with Crippen molar-refractivity contribution in [2.75, 3.05) is 19.6 Å². The second-order valence-electron chi connectivity index (χ2n) is 7.49. The molecule has 8 heteroatoms. The van der Waals surface area contributed by atoms with Gasteiger partial charge in [-0.05, 0) is 5.56 Å². The largest absolute Gasteiger partial charge is 0.340 e. The van der Waals surface area contributed by atoms with Crippen molar-refractivity contribution in [1.82, 2.24) is 19.4 Å². The van der Waals surface area contributed by atoms with Gasteiger partial charge >= 0.3 is 5.69 Å². The van der Waals surface area contributed by atoms with Crippen LogP contribution in [0.1, 0.15) is 18.5 Å². The molecule has 2 amide bonds. The van der Waals surface area contributed by atoms with E-state index in [9.17, 15) is 19.2 Å². The molecule has 2 aromatic rings. The molecule has 1 N–H and O–H groups in total. The predicted octanol–water partition coefficient (Wildman–Crippen LogP) is 0.215. The molecule has 0 saturated carbocycles. The van der Waals surface area contributed by atoms with Crippen LogP contribution in [0.5, 0.6) is 0 Å². The summed E-state index contributed by atoms with van der Waals surface area (Å²) in [6.07, 6.45) is 1.33. The monoisotopic (exact) mass is 382 g/mol. The third kappa shape index (κ3) is 3.26. The lowest BCUT2D eigenvalue weighted by molar-refractivity contribution is -0.132. The summed E-state index contributed by atoms with van der Waals surface area (Å²) in [5.41, 5.74) is 0.000872. The smallest absolute Gasteiger partial charge is 0.328 e. The number of rotatable bonds is 3. The second-order valence-corrected chi connectivity index (χ2v) is 7.49. The minimum atomic E-state index is -0.592. The molecule has 0 aliphatic carbocycles. The van der Waals surface area contributed by atoms with E-state index in [2.05, 4.69) is 4.98 Å². The van der Waals surface area contributed by atoms with E-state index >= 15 is 0 Å². The van der Waals surface area contributed by atoms with E-state index in [1.807, 2.05) is 35.2 Å². The van der Waals surface area contributed by atoms with Crippen LogP contribution in [0.4, 0.5) is 0 Å². The third-order valence-corrected chi connectivity index (χ3v) is 5.76. The van der Waals surface area contributed by atoms with Crippen molar-refractivity contribution in [3.05, 3.63) is 69.0 Å². The number of hydrogen-bond acceptors (Lipinski definition) is 4. The first-order valence-corrected chi connectivity index (χ1v) is 9.33. The molecule has 146 valence electrons. The maximum atomic E-state index is 12.7. The Balaban J connectivity index is 1.52. The van der Waals surface area contributed by atoms with Crippen molar-refractivity contribution in [1.29, 1.82) is 0 Å². The van der Waals surface area contributed by atoms with Crippen LogP contribution in [-0.2, 0) is 16.1 Å². The van der Waals surface area contributed by atoms with Crippen LogP contribution in [0.2, 0.25) is 0 Å². The number of hydrogen-bond donors (Lipinski definition) is 1. The molecule has 3 heterocycles. The normalized spacial score (nSPS) is 23.7. The Hall–Kier alpha value is -3.16. The fourth-order valence-electron chi connectivity index (χ4n) is 4.46. The lowest BCUT2D eigenvalue weighted by Gasteiger charge is -2.29. The molecule has 0 unspecified atom stereocenters. The number of nitrogens with zero attached hydrogens (tertiary/aromatic N) is 3. The highest BCUT2D eigenvalue weighted by atomic mass is 16.2. The Labute approximate surface area is 161 Å². The van der Waals surface area contributed by atoms with Gasteiger partial charge in [0, 0.05) is 50.7 Å². The van der Waals surface area contributed by atoms with Crippen LogP contribution in [0.25, 0.3) is 0 Å². The maximum absolute atomic E-state index is 12.7. The van der Waals surface area contributed by atoms with E-state index < -0.39 is 11.2 Å². The Morgan fingerprint density at radius 2 is 1.82 bits per heavy atom. The fraction of sp³-hybridized carbons (Fsp3) is 0.400. The molecule has 0 spiro atoms. The number of aromatic nitrogens is 2. The highest BCUT2D eigenvalue weighted by molar-refractivity contribution is 5.77. The van der Waals surface area contributed by atoms with Crippen molar-refractivity contribution >= 4 is 11.8 Å². The molecular formula is C20H22N4O4. The van der Waals surface area contributed by atoms with Gasteiger partial charge in [-0.15, -0.1) is 0 Å². The average Bonchev–Trinajstić information content (AvgIpc) is 3.22. The number of carbonyl (C=O) groups excluding carboxylic acids is 2. The summed E-state index contributed by atoms with van der Waals surface area (Å²) >= 11 is 0. The first kappa shape index (κ1) is 18.2. The van der Waals surface area contributed by atoms with Gasteiger partial charge in [-0.2, -0.15) is 0 Å². The zero-order valence-corrected chi connectivity index (χ0v) is 15.6. The molecule has 8 nitrogen and oxygen atoms in total. The zero-order chi connectivity index (χ0) is 19.8. The summed E-state index contributed by atoms with van der Waals surface area (Å²) in [5.74, 6) is 0.263. The Kier molecular flexibility index (Phi) is 4.62. The fourth-order valence-corrected chi connectivity index (χ4v) is 4.46. The van der Waals surface area contributed by atoms with Crippen molar-refractivity contribution < 1.29 is 9.59 Å². The summed E-state index contributed by atoms with van der Waals surface area (Å²) in [6.45, 7) is 3.21. The van der Waals surface area contributed by atoms with E-state index in [-0.39, 0.29) is 36.2 Å². The number of H-pyrrole nitrogens is 1. The molecule has 1 aromatic heterocycles. The van der Waals surface area contributed by atoms with Crippen LogP contribution in [-0.4, -0.2) is 50.8 Å². The van der Waals surface area contributed by atoms with E-state index in [0.717, 1.165) is 5.56 Å². The lowest BCUT2D eigenvalue weighted by Crippen LogP contribution is -2.39. The number of amides is 2. The van der Waals surface area contributed by atoms with Gasteiger partial charge in [0.25, 0.3) is 5.56 Å². The lowest BCUT2D eigenvalue weighted by atomic mass is 9.89. The SMILES string of the molecule is CC(=O)N1C[C@H]2CN(C(=O)Cn3ccc(=O)[nH]c3=O)C[C@H]2[C@H]1c1ccccc1. The minimum Gasteiger partial charge on any atom is -0.340 e. The molecule has 2 fully saturated rings. The van der Waals surface area contributed by atoms with Crippen molar-refractivity contribution in [3.63, 3.8) is 0 Å². The molecule has 0 radical (unpaired) electrons. The van der Waals surface area contributed by atoms with Crippen LogP contribution in [0.3, 0.4) is 0 Å². The van der Waals surface area contributed by atoms with Crippen LogP contribution < -0.4 is 11.2 Å². The summed E-state index contributed by atoms with van der Waals surface area (Å²) in [4.78, 5) is 53.7. The number of carbonyl (C=O) groups is 2. The topological polar surface area (TPSA) is 95.5 Å². The summed E-state index contributed by atoms with van der Waals surface area (Å²) in [7, 11) is 0. The van der Waals surface area contributed by atoms with Gasteiger partial charge in [-0.1, -0.05) is 30.3 Å². The Bertz CT molecular complexity index is 1010. The molecule has 2 aliphatic rings. The van der Waals surface area contributed by atoms with E-state index in [1.165, 1.54) is 16.8 Å². The van der Waals surface area contributed by atoms with Gasteiger partial charge < -0.3 is 9.80 Å². The molecule has 0 bridgehead atoms. The van der Waals surface area contributed by atoms with Crippen LogP contribution in [0, 0.1) is 11.8 Å². The highest BCUT2D eigenvalue weighted by Gasteiger charge is 2.49. The Morgan fingerprint density at radius 3 is 2.50 bits per heavy atom. The van der Waals surface area contributed by atoms with Gasteiger partial charge in [-0.3, -0.25) is 23.9 Å². The number of likely N-dealkylation sites (tertiary alicyclic amines) is 2. The van der Waals surface area contributed by atoms with E-state index in [0.29, 0.717) is 19.6 Å². The molecule has 28 heavy (non-hydrogen) atoms. The predicted molar refractivity (Wildman–Crippen MR) is 101 cm³/mol. The quantitative estimate of drug-likeness (QED) is 0.821. The van der Waals surface area contributed by atoms with Gasteiger partial charge in [0.15, 0.2) is 0 Å². The Morgan fingerprint density at radius 1 is 1.07 bits per heavy atom. The molecule has 1 aromatic carbocycles. The van der Waals surface area contributed by atoms with Crippen molar-refractivity contribution in [3.8, 4) is 0 Å². The van der Waals surface area contributed by atoms with Crippen molar-refractivity contribution in [2.24, 2.45) is 11.8 Å². The van der Waals surface area contributed by atoms with Gasteiger partial charge in [0.1, 0.15) is 6.54 Å². The number of benzene rings is 1. The first-order valence-electron chi connectivity index (χ1n) is 9.33. The summed E-state index contributed by atoms with van der Waals surface area (Å²) in [5, 5.41) is 0. The molecule has 3 atom stereocenters. The van der Waals surface area contributed by atoms with Gasteiger partial charge in [-0.25, -0.2) is 4.79 Å². The number of aromatic amines is 1. The van der Waals surface area contributed by atoms with Gasteiger partial charge in [0.2, 0.25) is 11.8 Å². The second kappa shape index (κ2) is 7.10. The summed E-state index contributed by atoms with van der Waals surface area (Å²) < 4.78 is 1.20. The number of nitrogens with one attached hydrogen (secondary N) is 1. The standard InChI is InChI=1S/C20H22N4O4/c1-13(25)24-10-15-9-23(11-16(15)19(24)14-5-3-2-4-6-14)18(27)12-22-8-7-17(26)21-20(22)28/h2-8,15-16,19H,9-12H2,1H3,(H,21,26,28)/t15-,16-,19-/m1/s1. The molecule has 2 saturated heterocycles. The van der Waals surface area contributed by atoms with E-state index in [4.69, 9.17) is 0 Å². The third-order valence-electron chi connectivity index (χ3n) is 5.76. The van der Waals surface area contributed by atoms with Crippen LogP contribution in [0.15, 0.2) is 52.2 Å². The number of fused-ring (bicyclic) bond motifs is 1. The van der Waals surface area contributed by atoms with Gasteiger partial charge in [0.05, 0.1) is 6.04 Å². The van der Waals surface area contributed by atoms with Crippen LogP contribution >= 0.6 is 0 Å². The molecule has 4 rings (SSSR count). The van der Waals surface area contributed by atoms with E-state index in [1.54, 1.807) is 11.8 Å². The summed E-state index contributed by atoms with van der Waals surface area (Å²) in [6, 6.07) is 11.1. The maximum Gasteiger partial charge on any atom is 0.328 e. The molecule has 2 aliphatic heterocycles. The first-order chi connectivity index (χ1) is 13.4. The molecular weight excluding hydrogens is 360 g/mol.